The van der Waals surface area contributed by atoms with Crippen molar-refractivity contribution in [3.8, 4) is 0 Å². The smallest absolute Gasteiger partial charge is 0.410 e. The summed E-state index contributed by atoms with van der Waals surface area (Å²) < 4.78 is 5.13. The molecule has 2 rings (SSSR count). The van der Waals surface area contributed by atoms with E-state index in [1.54, 1.807) is 0 Å². The molecule has 0 radical (unpaired) electrons. The van der Waals surface area contributed by atoms with E-state index in [1.165, 1.54) is 4.90 Å². The predicted molar refractivity (Wildman–Crippen MR) is 64.8 cm³/mol. The van der Waals surface area contributed by atoms with Gasteiger partial charge in [-0.05, 0) is 5.56 Å². The van der Waals surface area contributed by atoms with Crippen LogP contribution in [0, 0.1) is 0 Å². The molecule has 1 fully saturated rings. The van der Waals surface area contributed by atoms with Crippen LogP contribution in [0.2, 0.25) is 0 Å². The van der Waals surface area contributed by atoms with Crippen LogP contribution in [0.5, 0.6) is 0 Å². The maximum atomic E-state index is 11.7. The first-order chi connectivity index (χ1) is 8.65. The van der Waals surface area contributed by atoms with Gasteiger partial charge in [0.25, 0.3) is 0 Å². The summed E-state index contributed by atoms with van der Waals surface area (Å²) in [7, 11) is 0. The maximum absolute atomic E-state index is 11.7. The number of hydrogen-bond donors (Lipinski definition) is 2. The second kappa shape index (κ2) is 5.84. The Kier molecular flexibility index (Phi) is 4.17. The molecule has 0 aromatic heterocycles. The Hall–Kier alpha value is -1.59. The average molecular weight is 251 g/mol. The molecule has 0 aliphatic carbocycles. The number of amides is 1. The number of carbonyl (C=O) groups excluding carboxylic acids is 1. The quantitative estimate of drug-likeness (QED) is 0.813. The van der Waals surface area contributed by atoms with Crippen molar-refractivity contribution in [1.29, 1.82) is 0 Å². The summed E-state index contributed by atoms with van der Waals surface area (Å²) >= 11 is 0. The van der Waals surface area contributed by atoms with E-state index in [0.717, 1.165) is 5.56 Å². The normalized spacial score (nSPS) is 23.8. The van der Waals surface area contributed by atoms with Gasteiger partial charge in [-0.15, -0.1) is 0 Å². The molecule has 0 saturated carbocycles. The number of nitrogens with zero attached hydrogens (tertiary/aromatic N) is 1. The van der Waals surface area contributed by atoms with Crippen LogP contribution >= 0.6 is 0 Å². The highest BCUT2D eigenvalue weighted by Gasteiger charge is 2.28. The molecular weight excluding hydrogens is 234 g/mol. The van der Waals surface area contributed by atoms with Crippen molar-refractivity contribution in [3.63, 3.8) is 0 Å². The molecule has 0 spiro atoms. The highest BCUT2D eigenvalue weighted by Crippen LogP contribution is 2.12. The molecule has 2 atom stereocenters. The first kappa shape index (κ1) is 12.9. The minimum absolute atomic E-state index is 0.197. The van der Waals surface area contributed by atoms with E-state index < -0.39 is 18.3 Å². The van der Waals surface area contributed by atoms with Crippen molar-refractivity contribution in [2.24, 2.45) is 0 Å². The summed E-state index contributed by atoms with van der Waals surface area (Å²) in [4.78, 5) is 13.1. The third-order valence-electron chi connectivity index (χ3n) is 2.87. The van der Waals surface area contributed by atoms with Crippen LogP contribution in [0.4, 0.5) is 4.79 Å². The van der Waals surface area contributed by atoms with Gasteiger partial charge in [0, 0.05) is 6.42 Å². The van der Waals surface area contributed by atoms with Crippen LogP contribution in [0.15, 0.2) is 30.3 Å². The van der Waals surface area contributed by atoms with Crippen LogP contribution < -0.4 is 0 Å². The zero-order valence-electron chi connectivity index (χ0n) is 10.0. The van der Waals surface area contributed by atoms with Gasteiger partial charge in [-0.3, -0.25) is 0 Å². The third-order valence-corrected chi connectivity index (χ3v) is 2.87. The summed E-state index contributed by atoms with van der Waals surface area (Å²) in [6.45, 7) is 0.623. The number of ether oxygens (including phenoxy) is 1. The molecule has 0 bridgehead atoms. The number of aliphatic hydroxyl groups excluding tert-OH is 2. The zero-order chi connectivity index (χ0) is 13.0. The van der Waals surface area contributed by atoms with Gasteiger partial charge in [-0.25, -0.2) is 4.79 Å². The molecule has 98 valence electrons. The van der Waals surface area contributed by atoms with Crippen molar-refractivity contribution in [2.45, 2.75) is 25.2 Å². The SMILES string of the molecule is O=C(OCc1ccccc1)N1C[C@H](O)C[C@H](O)C1. The van der Waals surface area contributed by atoms with Gasteiger partial charge in [0.05, 0.1) is 25.3 Å². The topological polar surface area (TPSA) is 70.0 Å². The Balaban J connectivity index is 1.84. The zero-order valence-corrected chi connectivity index (χ0v) is 10.0. The van der Waals surface area contributed by atoms with Gasteiger partial charge in [-0.1, -0.05) is 30.3 Å². The molecule has 1 aromatic carbocycles. The molecule has 5 heteroatoms. The van der Waals surface area contributed by atoms with Gasteiger partial charge in [-0.2, -0.15) is 0 Å². The maximum Gasteiger partial charge on any atom is 0.410 e. The largest absolute Gasteiger partial charge is 0.445 e. The third kappa shape index (κ3) is 3.45. The molecule has 1 heterocycles. The molecule has 0 unspecified atom stereocenters. The lowest BCUT2D eigenvalue weighted by atomic mass is 10.1. The molecule has 1 aliphatic heterocycles. The molecule has 18 heavy (non-hydrogen) atoms. The summed E-state index contributed by atoms with van der Waals surface area (Å²) in [6, 6.07) is 9.37. The van der Waals surface area contributed by atoms with Crippen molar-refractivity contribution in [3.05, 3.63) is 35.9 Å². The minimum atomic E-state index is -0.682. The van der Waals surface area contributed by atoms with Crippen LogP contribution in [-0.4, -0.2) is 46.5 Å². The number of β-amino-alcohol motifs (C(OH)–C–C–N with tert-alkyl or cyclic N) is 2. The van der Waals surface area contributed by atoms with E-state index >= 15 is 0 Å². The van der Waals surface area contributed by atoms with Gasteiger partial charge < -0.3 is 19.8 Å². The lowest BCUT2D eigenvalue weighted by Crippen LogP contribution is -2.48. The number of hydrogen-bond acceptors (Lipinski definition) is 4. The average Bonchev–Trinajstić information content (AvgIpc) is 2.36. The Morgan fingerprint density at radius 2 is 1.83 bits per heavy atom. The number of carbonyl (C=O) groups is 1. The van der Waals surface area contributed by atoms with Crippen LogP contribution in [0.25, 0.3) is 0 Å². The highest BCUT2D eigenvalue weighted by molar-refractivity contribution is 5.67. The number of likely N-dealkylation sites (tertiary alicyclic amines) is 1. The second-order valence-electron chi connectivity index (χ2n) is 4.49. The molecule has 2 N–H and O–H groups in total. The summed E-state index contributed by atoms with van der Waals surface area (Å²) in [5.41, 5.74) is 0.906. The van der Waals surface area contributed by atoms with Gasteiger partial charge >= 0.3 is 6.09 Å². The number of rotatable bonds is 2. The summed E-state index contributed by atoms with van der Waals surface area (Å²) in [5.74, 6) is 0. The van der Waals surface area contributed by atoms with E-state index in [1.807, 2.05) is 30.3 Å². The Morgan fingerprint density at radius 3 is 2.44 bits per heavy atom. The lowest BCUT2D eigenvalue weighted by molar-refractivity contribution is -0.0108. The van der Waals surface area contributed by atoms with E-state index in [4.69, 9.17) is 4.74 Å². The Labute approximate surface area is 106 Å². The summed E-state index contributed by atoms with van der Waals surface area (Å²) in [6.07, 6.45) is -1.56. The Morgan fingerprint density at radius 1 is 1.22 bits per heavy atom. The first-order valence-electron chi connectivity index (χ1n) is 5.97. The molecule has 1 aromatic rings. The van der Waals surface area contributed by atoms with E-state index in [9.17, 15) is 15.0 Å². The van der Waals surface area contributed by atoms with Crippen molar-refractivity contribution in [2.75, 3.05) is 13.1 Å². The summed E-state index contributed by atoms with van der Waals surface area (Å²) in [5, 5.41) is 18.9. The fourth-order valence-corrected chi connectivity index (χ4v) is 2.01. The number of piperidine rings is 1. The predicted octanol–water partition coefficient (Wildman–Crippen LogP) is 0.751. The highest BCUT2D eigenvalue weighted by atomic mass is 16.6. The van der Waals surface area contributed by atoms with Crippen LogP contribution in [-0.2, 0) is 11.3 Å². The van der Waals surface area contributed by atoms with Crippen LogP contribution in [0.3, 0.4) is 0 Å². The first-order valence-corrected chi connectivity index (χ1v) is 5.97. The molecular formula is C13H17NO4. The lowest BCUT2D eigenvalue weighted by Gasteiger charge is -2.32. The number of benzene rings is 1. The van der Waals surface area contributed by atoms with E-state index in [0.29, 0.717) is 6.42 Å². The molecule has 1 aliphatic rings. The second-order valence-corrected chi connectivity index (χ2v) is 4.49. The van der Waals surface area contributed by atoms with Crippen molar-refractivity contribution in [1.82, 2.24) is 4.90 Å². The van der Waals surface area contributed by atoms with Crippen molar-refractivity contribution >= 4 is 6.09 Å². The fraction of sp³-hybridized carbons (Fsp3) is 0.462. The fourth-order valence-electron chi connectivity index (χ4n) is 2.01. The molecule has 1 amide bonds. The molecule has 5 nitrogen and oxygen atoms in total. The molecule has 1 saturated heterocycles. The standard InChI is InChI=1S/C13H17NO4/c15-11-6-12(16)8-14(7-11)13(17)18-9-10-4-2-1-3-5-10/h1-5,11-12,15-16H,6-9H2/t11-,12+. The number of aliphatic hydroxyl groups is 2. The van der Waals surface area contributed by atoms with E-state index in [2.05, 4.69) is 0 Å². The van der Waals surface area contributed by atoms with Gasteiger partial charge in [0.15, 0.2) is 0 Å². The van der Waals surface area contributed by atoms with Gasteiger partial charge in [0.2, 0.25) is 0 Å². The van der Waals surface area contributed by atoms with Crippen LogP contribution in [0.1, 0.15) is 12.0 Å². The monoisotopic (exact) mass is 251 g/mol. The Bertz CT molecular complexity index is 385. The van der Waals surface area contributed by atoms with E-state index in [-0.39, 0.29) is 19.7 Å². The minimum Gasteiger partial charge on any atom is -0.445 e. The van der Waals surface area contributed by atoms with Crippen molar-refractivity contribution < 1.29 is 19.7 Å². The van der Waals surface area contributed by atoms with Gasteiger partial charge in [0.1, 0.15) is 6.61 Å².